The van der Waals surface area contributed by atoms with Crippen LogP contribution < -0.4 is 5.59 Å². The molecule has 0 unspecified atom stereocenters. The smallest absolute Gasteiger partial charge is 0.163 e. The molecule has 0 aliphatic heterocycles. The van der Waals surface area contributed by atoms with E-state index in [1.807, 2.05) is 0 Å². The SMILES string of the molecule is Bc1ccc2c(n1)CCCC2. The fourth-order valence-electron chi connectivity index (χ4n) is 1.69. The van der Waals surface area contributed by atoms with Crippen molar-refractivity contribution in [3.05, 3.63) is 23.4 Å². The number of aryl methyl sites for hydroxylation is 2. The predicted octanol–water partition coefficient (Wildman–Crippen LogP) is 0.219. The van der Waals surface area contributed by atoms with Gasteiger partial charge in [-0.05, 0) is 36.8 Å². The third-order valence-electron chi connectivity index (χ3n) is 2.32. The molecule has 0 N–H and O–H groups in total. The molecule has 0 amide bonds. The molecule has 56 valence electrons. The van der Waals surface area contributed by atoms with Crippen LogP contribution in [0.4, 0.5) is 0 Å². The first-order valence-electron chi connectivity index (χ1n) is 4.32. The van der Waals surface area contributed by atoms with Crippen LogP contribution in [-0.2, 0) is 12.8 Å². The van der Waals surface area contributed by atoms with Gasteiger partial charge in [0.05, 0.1) is 0 Å². The van der Waals surface area contributed by atoms with Gasteiger partial charge in [-0.3, -0.25) is 4.98 Å². The summed E-state index contributed by atoms with van der Waals surface area (Å²) in [6.45, 7) is 0. The van der Waals surface area contributed by atoms with Crippen molar-refractivity contribution in [1.82, 2.24) is 4.98 Å². The third kappa shape index (κ3) is 1.30. The Kier molecular flexibility index (Phi) is 1.68. The molecule has 0 saturated heterocycles. The summed E-state index contributed by atoms with van der Waals surface area (Å²) in [5.41, 5.74) is 3.98. The average Bonchev–Trinajstić information content (AvgIpc) is 2.04. The highest BCUT2D eigenvalue weighted by Crippen LogP contribution is 2.17. The number of nitrogens with zero attached hydrogens (tertiary/aromatic N) is 1. The Balaban J connectivity index is 2.43. The second kappa shape index (κ2) is 2.69. The molecule has 0 fully saturated rings. The standard InChI is InChI=1S/C9H12BN/c10-9-6-5-7-3-1-2-4-8(7)11-9/h5-6H,1-4,10H2. The van der Waals surface area contributed by atoms with Gasteiger partial charge >= 0.3 is 0 Å². The van der Waals surface area contributed by atoms with Crippen LogP contribution in [0.25, 0.3) is 0 Å². The summed E-state index contributed by atoms with van der Waals surface area (Å²) in [5, 5.41) is 0. The molecule has 1 aromatic heterocycles. The lowest BCUT2D eigenvalue weighted by molar-refractivity contribution is 0.670. The van der Waals surface area contributed by atoms with E-state index >= 15 is 0 Å². The molecule has 0 radical (unpaired) electrons. The van der Waals surface area contributed by atoms with Gasteiger partial charge in [-0.15, -0.1) is 0 Å². The lowest BCUT2D eigenvalue weighted by Crippen LogP contribution is -2.15. The zero-order valence-electron chi connectivity index (χ0n) is 6.93. The third-order valence-corrected chi connectivity index (χ3v) is 2.32. The fourth-order valence-corrected chi connectivity index (χ4v) is 1.69. The van der Waals surface area contributed by atoms with Crippen LogP contribution in [0, 0.1) is 0 Å². The molecule has 0 aromatic carbocycles. The number of fused-ring (bicyclic) bond motifs is 1. The molecule has 1 aliphatic rings. The summed E-state index contributed by atoms with van der Waals surface area (Å²) in [6, 6.07) is 4.35. The molecule has 1 heterocycles. The lowest BCUT2D eigenvalue weighted by Gasteiger charge is -2.14. The van der Waals surface area contributed by atoms with Crippen LogP contribution in [0.15, 0.2) is 12.1 Å². The summed E-state index contributed by atoms with van der Waals surface area (Å²) < 4.78 is 0. The predicted molar refractivity (Wildman–Crippen MR) is 49.1 cm³/mol. The molecule has 0 bridgehead atoms. The fraction of sp³-hybridized carbons (Fsp3) is 0.444. The van der Waals surface area contributed by atoms with Gasteiger partial charge in [0.1, 0.15) is 0 Å². The molecular formula is C9H12BN. The van der Waals surface area contributed by atoms with Crippen LogP contribution in [0.3, 0.4) is 0 Å². The van der Waals surface area contributed by atoms with Gasteiger partial charge in [-0.25, -0.2) is 0 Å². The zero-order chi connectivity index (χ0) is 7.68. The Hall–Kier alpha value is -0.785. The molecule has 1 aliphatic carbocycles. The zero-order valence-corrected chi connectivity index (χ0v) is 6.93. The number of rotatable bonds is 0. The summed E-state index contributed by atoms with van der Waals surface area (Å²) in [5.74, 6) is 0. The molecule has 0 spiro atoms. The van der Waals surface area contributed by atoms with Crippen molar-refractivity contribution in [1.29, 1.82) is 0 Å². The molecule has 1 aromatic rings. The second-order valence-electron chi connectivity index (χ2n) is 3.27. The van der Waals surface area contributed by atoms with Crippen molar-refractivity contribution in [3.8, 4) is 0 Å². The van der Waals surface area contributed by atoms with E-state index in [2.05, 4.69) is 25.0 Å². The van der Waals surface area contributed by atoms with E-state index in [0.717, 1.165) is 5.59 Å². The van der Waals surface area contributed by atoms with Crippen molar-refractivity contribution >= 4 is 13.4 Å². The minimum absolute atomic E-state index is 1.16. The Morgan fingerprint density at radius 1 is 1.18 bits per heavy atom. The monoisotopic (exact) mass is 145 g/mol. The van der Waals surface area contributed by atoms with E-state index < -0.39 is 0 Å². The van der Waals surface area contributed by atoms with E-state index in [1.54, 1.807) is 0 Å². The van der Waals surface area contributed by atoms with Gasteiger partial charge in [0, 0.05) is 5.69 Å². The Bertz CT molecular complexity index is 270. The Morgan fingerprint density at radius 2 is 2.00 bits per heavy atom. The largest absolute Gasteiger partial charge is 0.268 e. The minimum Gasteiger partial charge on any atom is -0.268 e. The molecule has 0 atom stereocenters. The highest BCUT2D eigenvalue weighted by Gasteiger charge is 2.08. The maximum absolute atomic E-state index is 4.51. The average molecular weight is 145 g/mol. The summed E-state index contributed by atoms with van der Waals surface area (Å²) in [6.07, 6.45) is 5.10. The van der Waals surface area contributed by atoms with Crippen molar-refractivity contribution < 1.29 is 0 Å². The number of pyridine rings is 1. The Morgan fingerprint density at radius 3 is 2.91 bits per heavy atom. The Labute approximate surface area is 68.3 Å². The summed E-state index contributed by atoms with van der Waals surface area (Å²) >= 11 is 0. The van der Waals surface area contributed by atoms with E-state index in [-0.39, 0.29) is 0 Å². The maximum Gasteiger partial charge on any atom is 0.163 e. The van der Waals surface area contributed by atoms with Gasteiger partial charge in [0.25, 0.3) is 0 Å². The van der Waals surface area contributed by atoms with Crippen LogP contribution in [0.2, 0.25) is 0 Å². The van der Waals surface area contributed by atoms with Crippen LogP contribution in [0.1, 0.15) is 24.1 Å². The van der Waals surface area contributed by atoms with Gasteiger partial charge in [-0.1, -0.05) is 12.1 Å². The molecule has 0 saturated carbocycles. The van der Waals surface area contributed by atoms with Crippen LogP contribution in [-0.4, -0.2) is 12.8 Å². The highest BCUT2D eigenvalue weighted by atomic mass is 14.7. The topological polar surface area (TPSA) is 12.9 Å². The van der Waals surface area contributed by atoms with E-state index in [0.29, 0.717) is 0 Å². The highest BCUT2D eigenvalue weighted by molar-refractivity contribution is 6.30. The van der Waals surface area contributed by atoms with Crippen LogP contribution in [0.5, 0.6) is 0 Å². The quantitative estimate of drug-likeness (QED) is 0.476. The minimum atomic E-state index is 1.16. The first-order chi connectivity index (χ1) is 5.36. The van der Waals surface area contributed by atoms with E-state index in [9.17, 15) is 0 Å². The van der Waals surface area contributed by atoms with Gasteiger partial charge < -0.3 is 0 Å². The van der Waals surface area contributed by atoms with E-state index in [4.69, 9.17) is 0 Å². The van der Waals surface area contributed by atoms with E-state index in [1.165, 1.54) is 36.9 Å². The number of aromatic nitrogens is 1. The normalized spacial score (nSPS) is 16.0. The number of hydrogen-bond donors (Lipinski definition) is 0. The summed E-state index contributed by atoms with van der Waals surface area (Å²) in [4.78, 5) is 4.51. The maximum atomic E-state index is 4.51. The first kappa shape index (κ1) is 6.90. The molecular weight excluding hydrogens is 133 g/mol. The molecule has 2 rings (SSSR count). The van der Waals surface area contributed by atoms with Crippen molar-refractivity contribution in [2.45, 2.75) is 25.7 Å². The second-order valence-corrected chi connectivity index (χ2v) is 3.27. The van der Waals surface area contributed by atoms with Crippen molar-refractivity contribution in [2.24, 2.45) is 0 Å². The molecule has 1 nitrogen and oxygen atoms in total. The van der Waals surface area contributed by atoms with Gasteiger partial charge in [0.15, 0.2) is 7.85 Å². The lowest BCUT2D eigenvalue weighted by atomic mass is 9.93. The molecule has 11 heavy (non-hydrogen) atoms. The first-order valence-corrected chi connectivity index (χ1v) is 4.32. The van der Waals surface area contributed by atoms with Crippen molar-refractivity contribution in [2.75, 3.05) is 0 Å². The number of hydrogen-bond acceptors (Lipinski definition) is 1. The van der Waals surface area contributed by atoms with Crippen molar-refractivity contribution in [3.63, 3.8) is 0 Å². The van der Waals surface area contributed by atoms with Crippen LogP contribution >= 0.6 is 0 Å². The summed E-state index contributed by atoms with van der Waals surface area (Å²) in [7, 11) is 2.06. The van der Waals surface area contributed by atoms with Gasteiger partial charge in [0.2, 0.25) is 0 Å². The molecule has 2 heteroatoms. The van der Waals surface area contributed by atoms with Gasteiger partial charge in [-0.2, -0.15) is 0 Å².